The van der Waals surface area contributed by atoms with Crippen molar-refractivity contribution < 1.29 is 19.7 Å². The van der Waals surface area contributed by atoms with Crippen LogP contribution in [0.1, 0.15) is 17.5 Å². The van der Waals surface area contributed by atoms with Gasteiger partial charge in [-0.05, 0) is 17.7 Å². The summed E-state index contributed by atoms with van der Waals surface area (Å²) >= 11 is 0. The van der Waals surface area contributed by atoms with E-state index in [1.165, 1.54) is 6.07 Å². The average Bonchev–Trinajstić information content (AvgIpc) is 2.43. The number of rotatable bonds is 7. The van der Waals surface area contributed by atoms with Gasteiger partial charge in [0.1, 0.15) is 5.82 Å². The minimum Gasteiger partial charge on any atom is -0.395 e. The van der Waals surface area contributed by atoms with E-state index in [9.17, 15) is 4.39 Å². The van der Waals surface area contributed by atoms with Gasteiger partial charge in [-0.2, -0.15) is 0 Å². The lowest BCUT2D eigenvalue weighted by molar-refractivity contribution is 0.156. The van der Waals surface area contributed by atoms with Crippen molar-refractivity contribution in [3.63, 3.8) is 0 Å². The second-order valence-electron chi connectivity index (χ2n) is 4.31. The van der Waals surface area contributed by atoms with E-state index in [0.29, 0.717) is 31.6 Å². The summed E-state index contributed by atoms with van der Waals surface area (Å²) in [5.74, 6) is 4.99. The Morgan fingerprint density at radius 3 is 2.35 bits per heavy atom. The summed E-state index contributed by atoms with van der Waals surface area (Å²) in [5.41, 5.74) is 1.16. The van der Waals surface area contributed by atoms with Gasteiger partial charge in [-0.3, -0.25) is 4.90 Å². The first-order valence-corrected chi connectivity index (χ1v) is 6.53. The molecule has 0 amide bonds. The monoisotopic (exact) mass is 281 g/mol. The molecule has 0 aliphatic rings. The van der Waals surface area contributed by atoms with E-state index in [1.807, 2.05) is 4.90 Å². The molecule has 0 aliphatic carbocycles. The van der Waals surface area contributed by atoms with Crippen LogP contribution < -0.4 is 0 Å². The number of aliphatic hydroxyl groups excluding tert-OH is 3. The fourth-order valence-electron chi connectivity index (χ4n) is 1.79. The molecule has 1 aromatic carbocycles. The van der Waals surface area contributed by atoms with E-state index in [0.717, 1.165) is 5.56 Å². The van der Waals surface area contributed by atoms with Gasteiger partial charge in [0, 0.05) is 26.1 Å². The van der Waals surface area contributed by atoms with Crippen molar-refractivity contribution >= 4 is 0 Å². The van der Waals surface area contributed by atoms with Crippen LogP contribution in [-0.2, 0) is 6.54 Å². The number of halogens is 1. The SMILES string of the molecule is OCCC#Cc1cc(CN(CCO)CCO)ccc1F. The number of benzene rings is 1. The first-order valence-electron chi connectivity index (χ1n) is 6.53. The zero-order valence-electron chi connectivity index (χ0n) is 11.3. The highest BCUT2D eigenvalue weighted by molar-refractivity contribution is 5.38. The fourth-order valence-corrected chi connectivity index (χ4v) is 1.79. The van der Waals surface area contributed by atoms with Gasteiger partial charge in [-0.25, -0.2) is 4.39 Å². The Balaban J connectivity index is 2.80. The van der Waals surface area contributed by atoms with Crippen molar-refractivity contribution in [2.45, 2.75) is 13.0 Å². The second kappa shape index (κ2) is 9.45. The van der Waals surface area contributed by atoms with Crippen molar-refractivity contribution in [2.75, 3.05) is 32.9 Å². The Hall–Kier alpha value is -1.45. The molecular formula is C15H20FNO3. The van der Waals surface area contributed by atoms with Crippen LogP contribution in [0, 0.1) is 17.7 Å². The third-order valence-corrected chi connectivity index (χ3v) is 2.73. The standard InChI is InChI=1S/C15H20FNO3/c16-15-5-4-13(11-14(15)3-1-2-8-18)12-17(6-9-19)7-10-20/h4-5,11,18-20H,2,6-10,12H2. The molecule has 0 heterocycles. The summed E-state index contributed by atoms with van der Waals surface area (Å²) in [6.45, 7) is 1.37. The van der Waals surface area contributed by atoms with Crippen LogP contribution >= 0.6 is 0 Å². The molecule has 0 radical (unpaired) electrons. The summed E-state index contributed by atoms with van der Waals surface area (Å²) < 4.78 is 13.6. The van der Waals surface area contributed by atoms with Gasteiger partial charge in [-0.1, -0.05) is 17.9 Å². The molecule has 0 atom stereocenters. The van der Waals surface area contributed by atoms with Gasteiger partial charge in [0.25, 0.3) is 0 Å². The topological polar surface area (TPSA) is 63.9 Å². The van der Waals surface area contributed by atoms with Crippen molar-refractivity contribution in [3.8, 4) is 11.8 Å². The maximum absolute atomic E-state index is 13.6. The Kier molecular flexibility index (Phi) is 7.85. The zero-order chi connectivity index (χ0) is 14.8. The Bertz CT molecular complexity index is 462. The van der Waals surface area contributed by atoms with E-state index >= 15 is 0 Å². The van der Waals surface area contributed by atoms with Gasteiger partial charge < -0.3 is 15.3 Å². The highest BCUT2D eigenvalue weighted by Crippen LogP contribution is 2.12. The molecule has 20 heavy (non-hydrogen) atoms. The predicted molar refractivity (Wildman–Crippen MR) is 74.4 cm³/mol. The largest absolute Gasteiger partial charge is 0.395 e. The first kappa shape index (κ1) is 16.6. The van der Waals surface area contributed by atoms with Crippen molar-refractivity contribution in [2.24, 2.45) is 0 Å². The van der Waals surface area contributed by atoms with Crippen LogP contribution in [0.15, 0.2) is 18.2 Å². The second-order valence-corrected chi connectivity index (χ2v) is 4.31. The molecule has 0 unspecified atom stereocenters. The Labute approximate surface area is 118 Å². The van der Waals surface area contributed by atoms with Crippen LogP contribution in [-0.4, -0.2) is 53.1 Å². The molecule has 1 rings (SSSR count). The molecular weight excluding hydrogens is 261 g/mol. The Morgan fingerprint density at radius 2 is 1.75 bits per heavy atom. The maximum Gasteiger partial charge on any atom is 0.138 e. The van der Waals surface area contributed by atoms with Gasteiger partial charge in [0.15, 0.2) is 0 Å². The van der Waals surface area contributed by atoms with Crippen LogP contribution in [0.2, 0.25) is 0 Å². The number of aliphatic hydroxyl groups is 3. The molecule has 4 nitrogen and oxygen atoms in total. The molecule has 0 bridgehead atoms. The molecule has 0 spiro atoms. The number of hydrogen-bond donors (Lipinski definition) is 3. The summed E-state index contributed by atoms with van der Waals surface area (Å²) in [4.78, 5) is 1.87. The van der Waals surface area contributed by atoms with E-state index in [1.54, 1.807) is 12.1 Å². The number of hydrogen-bond acceptors (Lipinski definition) is 4. The molecule has 0 aromatic heterocycles. The summed E-state index contributed by atoms with van der Waals surface area (Å²) in [6.07, 6.45) is 0.310. The highest BCUT2D eigenvalue weighted by Gasteiger charge is 2.07. The predicted octanol–water partition coefficient (Wildman–Crippen LogP) is 0.346. The van der Waals surface area contributed by atoms with Crippen LogP contribution in [0.25, 0.3) is 0 Å². The van der Waals surface area contributed by atoms with E-state index in [4.69, 9.17) is 15.3 Å². The average molecular weight is 281 g/mol. The van der Waals surface area contributed by atoms with E-state index in [2.05, 4.69) is 11.8 Å². The minimum absolute atomic E-state index is 0.00432. The lowest BCUT2D eigenvalue weighted by atomic mass is 10.1. The minimum atomic E-state index is -0.393. The van der Waals surface area contributed by atoms with Crippen molar-refractivity contribution in [1.29, 1.82) is 0 Å². The Morgan fingerprint density at radius 1 is 1.05 bits per heavy atom. The molecule has 110 valence electrons. The highest BCUT2D eigenvalue weighted by atomic mass is 19.1. The molecule has 0 aliphatic heterocycles. The maximum atomic E-state index is 13.6. The fraction of sp³-hybridized carbons (Fsp3) is 0.467. The van der Waals surface area contributed by atoms with Gasteiger partial charge in [0.05, 0.1) is 25.4 Å². The molecule has 5 heteroatoms. The van der Waals surface area contributed by atoms with Crippen LogP contribution in [0.5, 0.6) is 0 Å². The smallest absolute Gasteiger partial charge is 0.138 e. The van der Waals surface area contributed by atoms with Crippen LogP contribution in [0.4, 0.5) is 4.39 Å². The summed E-state index contributed by atoms with van der Waals surface area (Å²) in [5, 5.41) is 26.6. The summed E-state index contributed by atoms with van der Waals surface area (Å²) in [7, 11) is 0. The normalized spacial score (nSPS) is 10.4. The molecule has 3 N–H and O–H groups in total. The zero-order valence-corrected chi connectivity index (χ0v) is 11.3. The van der Waals surface area contributed by atoms with Gasteiger partial charge >= 0.3 is 0 Å². The lowest BCUT2D eigenvalue weighted by Crippen LogP contribution is -2.29. The number of nitrogens with zero attached hydrogens (tertiary/aromatic N) is 1. The van der Waals surface area contributed by atoms with Gasteiger partial charge in [-0.15, -0.1) is 0 Å². The third-order valence-electron chi connectivity index (χ3n) is 2.73. The molecule has 1 aromatic rings. The summed E-state index contributed by atoms with van der Waals surface area (Å²) in [6, 6.07) is 4.67. The molecule has 0 saturated heterocycles. The van der Waals surface area contributed by atoms with Crippen molar-refractivity contribution in [3.05, 3.63) is 35.1 Å². The quantitative estimate of drug-likeness (QED) is 0.631. The lowest BCUT2D eigenvalue weighted by Gasteiger charge is -2.20. The molecule has 0 saturated carbocycles. The third kappa shape index (κ3) is 5.68. The van der Waals surface area contributed by atoms with Gasteiger partial charge in [0.2, 0.25) is 0 Å². The van der Waals surface area contributed by atoms with E-state index < -0.39 is 5.82 Å². The first-order chi connectivity index (χ1) is 9.71. The van der Waals surface area contributed by atoms with Crippen LogP contribution in [0.3, 0.4) is 0 Å². The van der Waals surface area contributed by atoms with E-state index in [-0.39, 0.29) is 19.8 Å². The molecule has 0 fully saturated rings. The van der Waals surface area contributed by atoms with Crippen molar-refractivity contribution in [1.82, 2.24) is 4.90 Å².